The molecule has 0 radical (unpaired) electrons. The summed E-state index contributed by atoms with van der Waals surface area (Å²) < 4.78 is 24.8. The molecule has 0 aromatic heterocycles. The van der Waals surface area contributed by atoms with Gasteiger partial charge in [-0.1, -0.05) is 18.9 Å². The largest absolute Gasteiger partial charge is 0.398 e. The second kappa shape index (κ2) is 6.47. The molecule has 1 aromatic carbocycles. The number of anilines is 1. The van der Waals surface area contributed by atoms with Gasteiger partial charge in [-0.3, -0.25) is 4.79 Å². The molecule has 0 unspecified atom stereocenters. The van der Waals surface area contributed by atoms with Gasteiger partial charge in [0, 0.05) is 13.1 Å². The summed E-state index contributed by atoms with van der Waals surface area (Å²) in [4.78, 5) is 14.0. The number of likely N-dealkylation sites (tertiary alicyclic amines) is 1. The Bertz CT molecular complexity index is 618. The van der Waals surface area contributed by atoms with E-state index < -0.39 is 15.6 Å². The van der Waals surface area contributed by atoms with Crippen molar-refractivity contribution in [1.29, 1.82) is 0 Å². The van der Waals surface area contributed by atoms with E-state index >= 15 is 0 Å². The van der Waals surface area contributed by atoms with Gasteiger partial charge in [0.25, 0.3) is 0 Å². The van der Waals surface area contributed by atoms with Crippen LogP contribution in [0, 0.1) is 6.92 Å². The van der Waals surface area contributed by atoms with Crippen LogP contribution in [0.15, 0.2) is 23.1 Å². The van der Waals surface area contributed by atoms with Gasteiger partial charge in [-0.05, 0) is 37.5 Å². The summed E-state index contributed by atoms with van der Waals surface area (Å²) in [7, 11) is -3.69. The molecule has 1 aromatic rings. The lowest BCUT2D eigenvalue weighted by atomic mass is 10.2. The smallest absolute Gasteiger partial charge is 0.238 e. The lowest BCUT2D eigenvalue weighted by molar-refractivity contribution is -0.128. The molecular formula is C15H22N2O3S. The Morgan fingerprint density at radius 1 is 1.19 bits per heavy atom. The summed E-state index contributed by atoms with van der Waals surface area (Å²) in [6, 6.07) is 4.85. The molecule has 1 heterocycles. The number of sulfone groups is 1. The van der Waals surface area contributed by atoms with Crippen LogP contribution in [0.5, 0.6) is 0 Å². The van der Waals surface area contributed by atoms with E-state index in [0.29, 0.717) is 13.1 Å². The number of amides is 1. The van der Waals surface area contributed by atoms with Crippen LogP contribution in [0.2, 0.25) is 0 Å². The maximum absolute atomic E-state index is 12.4. The minimum atomic E-state index is -3.69. The highest BCUT2D eigenvalue weighted by atomic mass is 32.2. The number of aryl methyl sites for hydroxylation is 1. The number of hydrogen-bond acceptors (Lipinski definition) is 4. The van der Waals surface area contributed by atoms with Crippen molar-refractivity contribution in [2.24, 2.45) is 0 Å². The van der Waals surface area contributed by atoms with Gasteiger partial charge < -0.3 is 10.6 Å². The topological polar surface area (TPSA) is 80.5 Å². The third-order valence-electron chi connectivity index (χ3n) is 3.78. The Kier molecular flexibility index (Phi) is 4.88. The first-order chi connectivity index (χ1) is 9.90. The summed E-state index contributed by atoms with van der Waals surface area (Å²) in [6.45, 7) is 3.10. The van der Waals surface area contributed by atoms with Crippen LogP contribution in [0.4, 0.5) is 5.69 Å². The fraction of sp³-hybridized carbons (Fsp3) is 0.533. The van der Waals surface area contributed by atoms with Gasteiger partial charge in [0.2, 0.25) is 5.91 Å². The van der Waals surface area contributed by atoms with Crippen molar-refractivity contribution in [3.05, 3.63) is 23.8 Å². The summed E-state index contributed by atoms with van der Waals surface area (Å²) in [6.07, 6.45) is 4.08. The van der Waals surface area contributed by atoms with Crippen LogP contribution >= 0.6 is 0 Å². The summed E-state index contributed by atoms with van der Waals surface area (Å²) in [5.41, 5.74) is 6.76. The fourth-order valence-electron chi connectivity index (χ4n) is 2.56. The number of hydrogen-bond donors (Lipinski definition) is 1. The maximum Gasteiger partial charge on any atom is 0.238 e. The molecule has 5 nitrogen and oxygen atoms in total. The third kappa shape index (κ3) is 3.97. The highest BCUT2D eigenvalue weighted by Crippen LogP contribution is 2.21. The molecular weight excluding hydrogens is 288 g/mol. The molecule has 2 rings (SSSR count). The van der Waals surface area contributed by atoms with E-state index in [-0.39, 0.29) is 16.5 Å². The highest BCUT2D eigenvalue weighted by molar-refractivity contribution is 7.92. The number of carbonyl (C=O) groups is 1. The minimum Gasteiger partial charge on any atom is -0.398 e. The molecule has 0 atom stereocenters. The monoisotopic (exact) mass is 310 g/mol. The van der Waals surface area contributed by atoms with Crippen LogP contribution in [0.1, 0.15) is 31.2 Å². The Balaban J connectivity index is 2.16. The van der Waals surface area contributed by atoms with E-state index in [9.17, 15) is 13.2 Å². The molecule has 6 heteroatoms. The molecule has 1 amide bonds. The summed E-state index contributed by atoms with van der Waals surface area (Å²) in [5, 5.41) is 0. The number of rotatable bonds is 3. The van der Waals surface area contributed by atoms with Crippen molar-refractivity contribution in [2.45, 2.75) is 37.5 Å². The van der Waals surface area contributed by atoms with E-state index in [1.165, 1.54) is 6.07 Å². The van der Waals surface area contributed by atoms with Crippen LogP contribution in [0.25, 0.3) is 0 Å². The molecule has 0 saturated carbocycles. The molecule has 1 aliphatic heterocycles. The van der Waals surface area contributed by atoms with Gasteiger partial charge in [0.15, 0.2) is 9.84 Å². The first-order valence-electron chi connectivity index (χ1n) is 7.27. The predicted octanol–water partition coefficient (Wildman–Crippen LogP) is 1.75. The second-order valence-electron chi connectivity index (χ2n) is 5.60. The van der Waals surface area contributed by atoms with Crippen LogP contribution in [0.3, 0.4) is 0 Å². The second-order valence-corrected chi connectivity index (χ2v) is 7.55. The predicted molar refractivity (Wildman–Crippen MR) is 82.7 cm³/mol. The zero-order valence-corrected chi connectivity index (χ0v) is 13.2. The number of nitrogens with two attached hydrogens (primary N) is 1. The third-order valence-corrected chi connectivity index (χ3v) is 5.43. The molecule has 21 heavy (non-hydrogen) atoms. The molecule has 1 saturated heterocycles. The zero-order chi connectivity index (χ0) is 15.5. The van der Waals surface area contributed by atoms with E-state index in [4.69, 9.17) is 5.73 Å². The van der Waals surface area contributed by atoms with E-state index in [2.05, 4.69) is 0 Å². The van der Waals surface area contributed by atoms with Gasteiger partial charge >= 0.3 is 0 Å². The van der Waals surface area contributed by atoms with Gasteiger partial charge in [0.1, 0.15) is 5.75 Å². The normalized spacial score (nSPS) is 16.5. The lowest BCUT2D eigenvalue weighted by Gasteiger charge is -2.20. The lowest BCUT2D eigenvalue weighted by Crippen LogP contribution is -2.36. The van der Waals surface area contributed by atoms with Gasteiger partial charge in [-0.2, -0.15) is 0 Å². The minimum absolute atomic E-state index is 0.0608. The van der Waals surface area contributed by atoms with Crippen molar-refractivity contribution in [3.63, 3.8) is 0 Å². The highest BCUT2D eigenvalue weighted by Gasteiger charge is 2.25. The molecule has 1 fully saturated rings. The quantitative estimate of drug-likeness (QED) is 0.863. The Morgan fingerprint density at radius 2 is 1.81 bits per heavy atom. The zero-order valence-electron chi connectivity index (χ0n) is 12.3. The SMILES string of the molecule is Cc1ccc(N)c(S(=O)(=O)CC(=O)N2CCCCCC2)c1. The standard InChI is InChI=1S/C15H22N2O3S/c1-12-6-7-13(16)14(10-12)21(19,20)11-15(18)17-8-4-2-3-5-9-17/h6-7,10H,2-5,8-9,11,16H2,1H3. The Hall–Kier alpha value is -1.56. The van der Waals surface area contributed by atoms with Crippen molar-refractivity contribution in [1.82, 2.24) is 4.90 Å². The summed E-state index contributed by atoms with van der Waals surface area (Å²) in [5.74, 6) is -0.821. The maximum atomic E-state index is 12.4. The molecule has 0 spiro atoms. The van der Waals surface area contributed by atoms with Gasteiger partial charge in [-0.25, -0.2) is 8.42 Å². The molecule has 2 N–H and O–H groups in total. The average Bonchev–Trinajstić information content (AvgIpc) is 2.70. The van der Waals surface area contributed by atoms with Crippen LogP contribution in [-0.2, 0) is 14.6 Å². The molecule has 116 valence electrons. The molecule has 0 bridgehead atoms. The van der Waals surface area contributed by atoms with Gasteiger partial charge in [0.05, 0.1) is 10.6 Å². The van der Waals surface area contributed by atoms with Gasteiger partial charge in [-0.15, -0.1) is 0 Å². The average molecular weight is 310 g/mol. The molecule has 1 aliphatic rings. The van der Waals surface area contributed by atoms with Crippen LogP contribution in [-0.4, -0.2) is 38.1 Å². The van der Waals surface area contributed by atoms with Crippen molar-refractivity contribution in [3.8, 4) is 0 Å². The van der Waals surface area contributed by atoms with E-state index in [0.717, 1.165) is 31.2 Å². The van der Waals surface area contributed by atoms with E-state index in [1.807, 2.05) is 0 Å². The number of nitrogen functional groups attached to an aromatic ring is 1. The fourth-order valence-corrected chi connectivity index (χ4v) is 4.02. The summed E-state index contributed by atoms with van der Waals surface area (Å²) >= 11 is 0. The van der Waals surface area contributed by atoms with Crippen molar-refractivity contribution < 1.29 is 13.2 Å². The number of benzene rings is 1. The van der Waals surface area contributed by atoms with Crippen LogP contribution < -0.4 is 5.73 Å². The number of nitrogens with zero attached hydrogens (tertiary/aromatic N) is 1. The molecule has 0 aliphatic carbocycles. The van der Waals surface area contributed by atoms with Crippen molar-refractivity contribution in [2.75, 3.05) is 24.6 Å². The Labute approximate surface area is 126 Å². The Morgan fingerprint density at radius 3 is 2.43 bits per heavy atom. The first kappa shape index (κ1) is 15.8. The first-order valence-corrected chi connectivity index (χ1v) is 8.92. The van der Waals surface area contributed by atoms with E-state index in [1.54, 1.807) is 24.0 Å². The van der Waals surface area contributed by atoms with Crippen molar-refractivity contribution >= 4 is 21.4 Å². The number of carbonyl (C=O) groups excluding carboxylic acids is 1.